The summed E-state index contributed by atoms with van der Waals surface area (Å²) in [5.74, 6) is 5.70. The van der Waals surface area contributed by atoms with E-state index in [1.54, 1.807) is 12.1 Å². The Hall–Kier alpha value is -3.07. The van der Waals surface area contributed by atoms with Gasteiger partial charge in [-0.3, -0.25) is 9.80 Å². The first kappa shape index (κ1) is 20.2. The van der Waals surface area contributed by atoms with E-state index < -0.39 is 5.97 Å². The third kappa shape index (κ3) is 4.91. The highest BCUT2D eigenvalue weighted by Gasteiger charge is 2.27. The lowest BCUT2D eigenvalue weighted by molar-refractivity contribution is 0.0697. The largest absolute Gasteiger partial charge is 0.478 e. The van der Waals surface area contributed by atoms with Crippen molar-refractivity contribution in [3.05, 3.63) is 82.6 Å². The zero-order valence-electron chi connectivity index (χ0n) is 17.3. The molecule has 0 bridgehead atoms. The monoisotopic (exact) mass is 401 g/mol. The van der Waals surface area contributed by atoms with Crippen LogP contribution in [0.1, 0.15) is 27.9 Å². The molecule has 0 spiro atoms. The van der Waals surface area contributed by atoms with E-state index in [4.69, 9.17) is 5.11 Å². The van der Waals surface area contributed by atoms with Crippen LogP contribution < -0.4 is 0 Å². The molecule has 0 aromatic heterocycles. The Morgan fingerprint density at radius 1 is 1.03 bits per heavy atom. The lowest BCUT2D eigenvalue weighted by Crippen LogP contribution is -2.47. The summed E-state index contributed by atoms with van der Waals surface area (Å²) in [6.07, 6.45) is 1.07. The minimum absolute atomic E-state index is 0.332. The Labute approximate surface area is 178 Å². The van der Waals surface area contributed by atoms with Crippen molar-refractivity contribution >= 4 is 5.97 Å². The quantitative estimate of drug-likeness (QED) is 0.798. The van der Waals surface area contributed by atoms with Crippen LogP contribution in [0.15, 0.2) is 65.9 Å². The number of aromatic carboxylic acids is 1. The third-order valence-corrected chi connectivity index (χ3v) is 5.69. The molecular weight excluding hydrogens is 374 g/mol. The second-order valence-electron chi connectivity index (χ2n) is 8.01. The van der Waals surface area contributed by atoms with Crippen LogP contribution in [0.4, 0.5) is 0 Å². The predicted octanol–water partition coefficient (Wildman–Crippen LogP) is 3.10. The summed E-state index contributed by atoms with van der Waals surface area (Å²) in [4.78, 5) is 18.2. The molecule has 0 saturated carbocycles. The molecule has 5 heteroatoms. The van der Waals surface area contributed by atoms with Crippen molar-refractivity contribution in [3.63, 3.8) is 0 Å². The summed E-state index contributed by atoms with van der Waals surface area (Å²) in [7, 11) is 2.17. The molecule has 0 amide bonds. The molecule has 5 nitrogen and oxygen atoms in total. The van der Waals surface area contributed by atoms with Gasteiger partial charge in [0.15, 0.2) is 0 Å². The predicted molar refractivity (Wildman–Crippen MR) is 118 cm³/mol. The van der Waals surface area contributed by atoms with E-state index >= 15 is 0 Å². The highest BCUT2D eigenvalue weighted by molar-refractivity contribution is 5.87. The lowest BCUT2D eigenvalue weighted by atomic mass is 10.0. The van der Waals surface area contributed by atoms with Gasteiger partial charge in [-0.25, -0.2) is 4.79 Å². The number of benzene rings is 2. The van der Waals surface area contributed by atoms with Gasteiger partial charge in [0.05, 0.1) is 18.8 Å². The molecular formula is C25H27N3O2. The summed E-state index contributed by atoms with van der Waals surface area (Å²) in [6.45, 7) is 5.44. The topological polar surface area (TPSA) is 47.0 Å². The van der Waals surface area contributed by atoms with Gasteiger partial charge in [0.1, 0.15) is 0 Å². The van der Waals surface area contributed by atoms with Crippen LogP contribution in [-0.2, 0) is 6.54 Å². The Kier molecular flexibility index (Phi) is 6.18. The first-order valence-electron chi connectivity index (χ1n) is 10.3. The number of nitrogens with zero attached hydrogens (tertiary/aromatic N) is 3. The molecule has 2 aromatic carbocycles. The average molecular weight is 402 g/mol. The van der Waals surface area contributed by atoms with E-state index in [0.29, 0.717) is 5.56 Å². The highest BCUT2D eigenvalue weighted by Crippen LogP contribution is 2.26. The maximum Gasteiger partial charge on any atom is 0.335 e. The smallest absolute Gasteiger partial charge is 0.335 e. The van der Waals surface area contributed by atoms with Gasteiger partial charge in [-0.2, -0.15) is 0 Å². The minimum atomic E-state index is -0.883. The van der Waals surface area contributed by atoms with E-state index in [1.807, 2.05) is 42.5 Å². The summed E-state index contributed by atoms with van der Waals surface area (Å²) < 4.78 is 0. The van der Waals surface area contributed by atoms with Crippen molar-refractivity contribution in [1.29, 1.82) is 0 Å². The van der Waals surface area contributed by atoms with E-state index in [2.05, 4.69) is 33.6 Å². The molecule has 0 aliphatic carbocycles. The van der Waals surface area contributed by atoms with Crippen molar-refractivity contribution in [2.24, 2.45) is 0 Å². The zero-order chi connectivity index (χ0) is 20.9. The maximum atomic E-state index is 11.1. The first-order valence-corrected chi connectivity index (χ1v) is 10.3. The molecule has 2 aromatic rings. The number of carbonyl (C=O) groups is 1. The SMILES string of the molecule is CN1CN(Cc2ccc(C(=O)O)cc2)CC2=C1CCN(CC#Cc1ccccc1)C2. The fourth-order valence-electron chi connectivity index (χ4n) is 4.22. The molecule has 0 saturated heterocycles. The standard InChI is InChI=1S/C25H27N3O2/c1-26-19-28(16-21-9-11-22(12-10-21)25(29)30)18-23-17-27(15-13-24(23)26)14-5-8-20-6-3-2-4-7-20/h2-4,6-7,9-12H,13-19H2,1H3,(H,29,30). The van der Waals surface area contributed by atoms with Crippen LogP contribution in [0, 0.1) is 11.8 Å². The zero-order valence-corrected chi connectivity index (χ0v) is 17.3. The Bertz CT molecular complexity index is 987. The summed E-state index contributed by atoms with van der Waals surface area (Å²) in [5.41, 5.74) is 5.48. The van der Waals surface area contributed by atoms with E-state index in [9.17, 15) is 4.79 Å². The molecule has 0 fully saturated rings. The number of carboxylic acid groups (broad SMARTS) is 1. The van der Waals surface area contributed by atoms with Crippen molar-refractivity contribution in [2.75, 3.05) is 39.9 Å². The van der Waals surface area contributed by atoms with Gasteiger partial charge in [-0.1, -0.05) is 42.2 Å². The molecule has 2 aliphatic rings. The van der Waals surface area contributed by atoms with Crippen LogP contribution >= 0.6 is 0 Å². The Morgan fingerprint density at radius 2 is 1.77 bits per heavy atom. The number of carboxylic acids is 1. The second kappa shape index (κ2) is 9.17. The Balaban J connectivity index is 1.37. The van der Waals surface area contributed by atoms with Gasteiger partial charge in [-0.05, 0) is 35.4 Å². The Morgan fingerprint density at radius 3 is 2.50 bits per heavy atom. The van der Waals surface area contributed by atoms with Crippen molar-refractivity contribution < 1.29 is 9.90 Å². The number of hydrogen-bond acceptors (Lipinski definition) is 4. The fraction of sp³-hybridized carbons (Fsp3) is 0.320. The third-order valence-electron chi connectivity index (χ3n) is 5.69. The van der Waals surface area contributed by atoms with Crippen LogP contribution in [0.2, 0.25) is 0 Å². The van der Waals surface area contributed by atoms with Crippen molar-refractivity contribution in [2.45, 2.75) is 13.0 Å². The molecule has 1 N–H and O–H groups in total. The maximum absolute atomic E-state index is 11.1. The molecule has 30 heavy (non-hydrogen) atoms. The first-order chi connectivity index (χ1) is 14.6. The van der Waals surface area contributed by atoms with Crippen molar-refractivity contribution in [3.8, 4) is 11.8 Å². The molecule has 0 radical (unpaired) electrons. The molecule has 2 aliphatic heterocycles. The molecule has 0 unspecified atom stereocenters. The van der Waals surface area contributed by atoms with E-state index in [-0.39, 0.29) is 0 Å². The average Bonchev–Trinajstić information content (AvgIpc) is 2.75. The molecule has 0 atom stereocenters. The second-order valence-corrected chi connectivity index (χ2v) is 8.01. The number of hydrogen-bond donors (Lipinski definition) is 1. The van der Waals surface area contributed by atoms with E-state index in [0.717, 1.165) is 56.9 Å². The molecule has 2 heterocycles. The summed E-state index contributed by atoms with van der Waals surface area (Å²) in [6, 6.07) is 17.3. The van der Waals surface area contributed by atoms with Gasteiger partial charge >= 0.3 is 5.97 Å². The van der Waals surface area contributed by atoms with Crippen LogP contribution in [0.3, 0.4) is 0 Å². The van der Waals surface area contributed by atoms with Gasteiger partial charge in [-0.15, -0.1) is 0 Å². The van der Waals surface area contributed by atoms with Crippen molar-refractivity contribution in [1.82, 2.24) is 14.7 Å². The van der Waals surface area contributed by atoms with Crippen LogP contribution in [0.25, 0.3) is 0 Å². The van der Waals surface area contributed by atoms with Crippen LogP contribution in [0.5, 0.6) is 0 Å². The summed E-state index contributed by atoms with van der Waals surface area (Å²) >= 11 is 0. The lowest BCUT2D eigenvalue weighted by Gasteiger charge is -2.42. The van der Waals surface area contributed by atoms with Gasteiger partial charge < -0.3 is 10.0 Å². The molecule has 4 rings (SSSR count). The fourth-order valence-corrected chi connectivity index (χ4v) is 4.22. The molecule has 154 valence electrons. The van der Waals surface area contributed by atoms with Gasteiger partial charge in [0.25, 0.3) is 0 Å². The highest BCUT2D eigenvalue weighted by atomic mass is 16.4. The van der Waals surface area contributed by atoms with E-state index in [1.165, 1.54) is 11.3 Å². The van der Waals surface area contributed by atoms with Gasteiger partial charge in [0, 0.05) is 50.9 Å². The minimum Gasteiger partial charge on any atom is -0.478 e. The van der Waals surface area contributed by atoms with Crippen LogP contribution in [-0.4, -0.2) is 65.7 Å². The number of rotatable bonds is 4. The normalized spacial score (nSPS) is 17.3. The van der Waals surface area contributed by atoms with Gasteiger partial charge in [0.2, 0.25) is 0 Å². The summed E-state index contributed by atoms with van der Waals surface area (Å²) in [5, 5.41) is 9.07.